The van der Waals surface area contributed by atoms with Crippen LogP contribution in [0.15, 0.2) is 47.6 Å². The van der Waals surface area contributed by atoms with E-state index in [2.05, 4.69) is 25.2 Å². The number of sulfonamides is 1. The Morgan fingerprint density at radius 2 is 1.76 bits per heavy atom. The predicted molar refractivity (Wildman–Crippen MR) is 140 cm³/mol. The molecule has 2 aromatic rings. The number of ether oxygens (including phenoxy) is 1. The molecule has 1 aromatic heterocycles. The summed E-state index contributed by atoms with van der Waals surface area (Å²) in [6.07, 6.45) is 4.68. The number of anilines is 1. The maximum atomic E-state index is 13.3. The zero-order valence-corrected chi connectivity index (χ0v) is 22.2. The second-order valence-corrected chi connectivity index (χ2v) is 11.6. The molecule has 0 saturated carbocycles. The highest BCUT2D eigenvalue weighted by Gasteiger charge is 2.28. The summed E-state index contributed by atoms with van der Waals surface area (Å²) in [5.74, 6) is -1.22. The number of nitrogens with one attached hydrogen (secondary N) is 3. The lowest BCUT2D eigenvalue weighted by Gasteiger charge is -2.29. The van der Waals surface area contributed by atoms with Crippen LogP contribution in [0.2, 0.25) is 0 Å². The van der Waals surface area contributed by atoms with Gasteiger partial charge in [0, 0.05) is 24.8 Å². The second kappa shape index (κ2) is 12.7. The molecular formula is C26H34FN5O5S. The Kier molecular flexibility index (Phi) is 9.42. The van der Waals surface area contributed by atoms with E-state index in [1.54, 1.807) is 0 Å². The van der Waals surface area contributed by atoms with Crippen molar-refractivity contribution in [2.75, 3.05) is 38.7 Å². The summed E-state index contributed by atoms with van der Waals surface area (Å²) in [7, 11) is -1.79. The third-order valence-corrected chi connectivity index (χ3v) is 8.39. The summed E-state index contributed by atoms with van der Waals surface area (Å²) in [6, 6.07) is 6.90. The number of pyridine rings is 1. The molecule has 0 unspecified atom stereocenters. The van der Waals surface area contributed by atoms with E-state index >= 15 is 0 Å². The van der Waals surface area contributed by atoms with E-state index in [1.807, 2.05) is 7.05 Å². The predicted octanol–water partition coefficient (Wildman–Crippen LogP) is 2.15. The van der Waals surface area contributed by atoms with Crippen molar-refractivity contribution in [2.45, 2.75) is 49.2 Å². The fraction of sp³-hybridized carbons (Fsp3) is 0.500. The number of aromatic nitrogens is 1. The summed E-state index contributed by atoms with van der Waals surface area (Å²) in [4.78, 5) is 32.2. The fourth-order valence-corrected chi connectivity index (χ4v) is 5.87. The van der Waals surface area contributed by atoms with Crippen LogP contribution in [0.4, 0.5) is 10.1 Å². The first-order valence-corrected chi connectivity index (χ1v) is 14.3. The Morgan fingerprint density at radius 3 is 2.39 bits per heavy atom. The molecule has 1 aromatic carbocycles. The van der Waals surface area contributed by atoms with Crippen molar-refractivity contribution in [3.05, 3.63) is 54.0 Å². The molecule has 0 radical (unpaired) electrons. The molecule has 2 fully saturated rings. The van der Waals surface area contributed by atoms with E-state index in [0.29, 0.717) is 25.3 Å². The molecule has 0 spiro atoms. The van der Waals surface area contributed by atoms with Crippen LogP contribution in [-0.4, -0.2) is 75.6 Å². The first-order valence-electron chi connectivity index (χ1n) is 12.8. The second-order valence-electron chi connectivity index (χ2n) is 9.90. The van der Waals surface area contributed by atoms with Crippen molar-refractivity contribution < 1.29 is 27.1 Å². The molecule has 12 heteroatoms. The van der Waals surface area contributed by atoms with Gasteiger partial charge in [0.25, 0.3) is 15.9 Å². The number of benzene rings is 1. The van der Waals surface area contributed by atoms with Crippen molar-refractivity contribution in [1.82, 2.24) is 19.9 Å². The van der Waals surface area contributed by atoms with Gasteiger partial charge in [-0.3, -0.25) is 9.59 Å². The molecule has 2 aliphatic heterocycles. The van der Waals surface area contributed by atoms with Gasteiger partial charge in [-0.25, -0.2) is 22.5 Å². The van der Waals surface area contributed by atoms with Crippen molar-refractivity contribution in [3.63, 3.8) is 0 Å². The van der Waals surface area contributed by atoms with Gasteiger partial charge in [-0.05, 0) is 94.6 Å². The third-order valence-electron chi connectivity index (χ3n) is 6.96. The van der Waals surface area contributed by atoms with Crippen LogP contribution in [0.25, 0.3) is 0 Å². The Hall–Kier alpha value is -2.93. The molecule has 206 valence electrons. The smallest absolute Gasteiger partial charge is 0.258 e. The third kappa shape index (κ3) is 7.79. The molecule has 3 N–H and O–H groups in total. The number of halogens is 1. The minimum Gasteiger partial charge on any atom is -0.381 e. The Morgan fingerprint density at radius 1 is 1.08 bits per heavy atom. The highest BCUT2D eigenvalue weighted by molar-refractivity contribution is 7.89. The van der Waals surface area contributed by atoms with Gasteiger partial charge in [-0.1, -0.05) is 0 Å². The van der Waals surface area contributed by atoms with Gasteiger partial charge >= 0.3 is 0 Å². The molecule has 10 nitrogen and oxygen atoms in total. The Bertz CT molecular complexity index is 1200. The maximum absolute atomic E-state index is 13.3. The number of carbonyl (C=O) groups excluding carboxylic acids is 2. The minimum absolute atomic E-state index is 0.127. The molecule has 2 aliphatic rings. The average molecular weight is 548 g/mol. The highest BCUT2D eigenvalue weighted by Crippen LogP contribution is 2.22. The summed E-state index contributed by atoms with van der Waals surface area (Å²) >= 11 is 0. The zero-order chi connectivity index (χ0) is 27.1. The van der Waals surface area contributed by atoms with Crippen LogP contribution in [0.3, 0.4) is 0 Å². The molecule has 0 bridgehead atoms. The standard InChI is InChI=1S/C26H34FN5O5S/c1-32-12-8-21(9-13-32)31-38(35,36)24-7-6-22(17-28-24)29-26(34)23(16-18-10-14-37-15-11-18)30-25(33)19-2-4-20(27)5-3-19/h2-7,17-18,21,23,31H,8-16H2,1H3,(H,29,34)(H,30,33)/t23-/m0/s1. The Balaban J connectivity index is 1.41. The molecule has 38 heavy (non-hydrogen) atoms. The lowest BCUT2D eigenvalue weighted by Crippen LogP contribution is -2.45. The van der Waals surface area contributed by atoms with Crippen molar-refractivity contribution in [2.24, 2.45) is 5.92 Å². The number of piperidine rings is 1. The van der Waals surface area contributed by atoms with Crippen LogP contribution in [0, 0.1) is 11.7 Å². The van der Waals surface area contributed by atoms with Gasteiger partial charge < -0.3 is 20.3 Å². The summed E-state index contributed by atoms with van der Waals surface area (Å²) in [5.41, 5.74) is 0.547. The van der Waals surface area contributed by atoms with Gasteiger partial charge in [-0.15, -0.1) is 0 Å². The number of carbonyl (C=O) groups is 2. The molecule has 2 amide bonds. The zero-order valence-electron chi connectivity index (χ0n) is 21.4. The maximum Gasteiger partial charge on any atom is 0.258 e. The fourth-order valence-electron chi connectivity index (χ4n) is 4.64. The largest absolute Gasteiger partial charge is 0.381 e. The topological polar surface area (TPSA) is 130 Å². The van der Waals surface area contributed by atoms with E-state index in [9.17, 15) is 22.4 Å². The number of amides is 2. The number of hydrogen-bond acceptors (Lipinski definition) is 7. The van der Waals surface area contributed by atoms with E-state index in [0.717, 1.165) is 38.8 Å². The van der Waals surface area contributed by atoms with E-state index in [1.165, 1.54) is 42.6 Å². The average Bonchev–Trinajstić information content (AvgIpc) is 2.91. The minimum atomic E-state index is -3.80. The SMILES string of the molecule is CN1CCC(NS(=O)(=O)c2ccc(NC(=O)[C@H](CC3CCOCC3)NC(=O)c3ccc(F)cc3)cn2)CC1. The van der Waals surface area contributed by atoms with Crippen LogP contribution < -0.4 is 15.4 Å². The van der Waals surface area contributed by atoms with Crippen molar-refractivity contribution >= 4 is 27.5 Å². The molecule has 3 heterocycles. The number of likely N-dealkylation sites (tertiary alicyclic amines) is 1. The normalized spacial score (nSPS) is 18.6. The molecule has 2 saturated heterocycles. The summed E-state index contributed by atoms with van der Waals surface area (Å²) in [5, 5.41) is 5.37. The number of nitrogens with zero attached hydrogens (tertiary/aromatic N) is 2. The van der Waals surface area contributed by atoms with Gasteiger partial charge in [0.05, 0.1) is 11.9 Å². The van der Waals surface area contributed by atoms with Gasteiger partial charge in [-0.2, -0.15) is 0 Å². The quantitative estimate of drug-likeness (QED) is 0.439. The molecular weight excluding hydrogens is 513 g/mol. The molecule has 4 rings (SSSR count). The van der Waals surface area contributed by atoms with E-state index < -0.39 is 33.7 Å². The first-order chi connectivity index (χ1) is 18.2. The van der Waals surface area contributed by atoms with Crippen LogP contribution in [-0.2, 0) is 19.6 Å². The van der Waals surface area contributed by atoms with Crippen LogP contribution in [0.1, 0.15) is 42.5 Å². The highest BCUT2D eigenvalue weighted by atomic mass is 32.2. The van der Waals surface area contributed by atoms with Crippen molar-refractivity contribution in [3.8, 4) is 0 Å². The summed E-state index contributed by atoms with van der Waals surface area (Å²) in [6.45, 7) is 2.82. The number of hydrogen-bond donors (Lipinski definition) is 3. The van der Waals surface area contributed by atoms with Gasteiger partial charge in [0.2, 0.25) is 5.91 Å². The summed E-state index contributed by atoms with van der Waals surface area (Å²) < 4.78 is 46.9. The van der Waals surface area contributed by atoms with E-state index in [4.69, 9.17) is 4.74 Å². The first kappa shape index (κ1) is 28.1. The van der Waals surface area contributed by atoms with Crippen molar-refractivity contribution in [1.29, 1.82) is 0 Å². The monoisotopic (exact) mass is 547 g/mol. The molecule has 0 aliphatic carbocycles. The van der Waals surface area contributed by atoms with E-state index in [-0.39, 0.29) is 22.5 Å². The van der Waals surface area contributed by atoms with Gasteiger partial charge in [0.1, 0.15) is 11.9 Å². The van der Waals surface area contributed by atoms with Crippen LogP contribution >= 0.6 is 0 Å². The number of rotatable bonds is 9. The Labute approximate surface area is 222 Å². The lowest BCUT2D eigenvalue weighted by atomic mass is 9.92. The van der Waals surface area contributed by atoms with Gasteiger partial charge in [0.15, 0.2) is 5.03 Å². The lowest BCUT2D eigenvalue weighted by molar-refractivity contribution is -0.118. The molecule has 1 atom stereocenters. The van der Waals surface area contributed by atoms with Crippen LogP contribution in [0.5, 0.6) is 0 Å².